The van der Waals surface area contributed by atoms with Gasteiger partial charge in [-0.2, -0.15) is 0 Å². The first-order valence-corrected chi connectivity index (χ1v) is 6.57. The topological polar surface area (TPSA) is 45.6 Å². The maximum Gasteiger partial charge on any atom is 0.212 e. The number of methoxy groups -OCH3 is 1. The van der Waals surface area contributed by atoms with Crippen molar-refractivity contribution in [3.05, 3.63) is 23.9 Å². The minimum atomic E-state index is -0.711. The SMILES string of the molecule is COc1ccc(C2(O)CC3CCC(C2)N3C)cn1. The molecule has 98 valence electrons. The third kappa shape index (κ3) is 1.80. The average molecular weight is 248 g/mol. The van der Waals surface area contributed by atoms with E-state index < -0.39 is 5.60 Å². The molecule has 1 aromatic rings. The van der Waals surface area contributed by atoms with E-state index in [-0.39, 0.29) is 0 Å². The van der Waals surface area contributed by atoms with E-state index in [9.17, 15) is 5.11 Å². The maximum absolute atomic E-state index is 10.9. The van der Waals surface area contributed by atoms with Crippen molar-refractivity contribution >= 4 is 0 Å². The Morgan fingerprint density at radius 1 is 1.33 bits per heavy atom. The van der Waals surface area contributed by atoms with Crippen LogP contribution in [0.4, 0.5) is 0 Å². The van der Waals surface area contributed by atoms with E-state index in [2.05, 4.69) is 16.9 Å². The van der Waals surface area contributed by atoms with E-state index in [1.54, 1.807) is 13.3 Å². The molecule has 4 heteroatoms. The van der Waals surface area contributed by atoms with Gasteiger partial charge in [0.25, 0.3) is 0 Å². The molecule has 18 heavy (non-hydrogen) atoms. The number of hydrogen-bond donors (Lipinski definition) is 1. The van der Waals surface area contributed by atoms with Crippen LogP contribution in [0.3, 0.4) is 0 Å². The van der Waals surface area contributed by atoms with Crippen molar-refractivity contribution in [1.82, 2.24) is 9.88 Å². The van der Waals surface area contributed by atoms with Gasteiger partial charge in [-0.15, -0.1) is 0 Å². The van der Waals surface area contributed by atoms with E-state index in [0.29, 0.717) is 18.0 Å². The third-order valence-corrected chi connectivity index (χ3v) is 4.61. The molecule has 2 aliphatic heterocycles. The molecule has 1 aromatic heterocycles. The summed E-state index contributed by atoms with van der Waals surface area (Å²) in [6.45, 7) is 0. The van der Waals surface area contributed by atoms with Gasteiger partial charge < -0.3 is 14.7 Å². The first-order chi connectivity index (χ1) is 8.62. The maximum atomic E-state index is 10.9. The summed E-state index contributed by atoms with van der Waals surface area (Å²) >= 11 is 0. The predicted octanol–water partition coefficient (Wildman–Crippen LogP) is 1.53. The van der Waals surface area contributed by atoms with E-state index in [1.807, 2.05) is 12.1 Å². The lowest BCUT2D eigenvalue weighted by molar-refractivity contribution is -0.0495. The number of rotatable bonds is 2. The normalized spacial score (nSPS) is 35.7. The van der Waals surface area contributed by atoms with Crippen LogP contribution in [0, 0.1) is 0 Å². The smallest absolute Gasteiger partial charge is 0.212 e. The summed E-state index contributed by atoms with van der Waals surface area (Å²) in [4.78, 5) is 6.63. The van der Waals surface area contributed by atoms with Gasteiger partial charge >= 0.3 is 0 Å². The van der Waals surface area contributed by atoms with Gasteiger partial charge in [0, 0.05) is 29.9 Å². The second kappa shape index (κ2) is 4.21. The number of aliphatic hydroxyl groups is 1. The second-order valence-corrected chi connectivity index (χ2v) is 5.58. The largest absolute Gasteiger partial charge is 0.481 e. The predicted molar refractivity (Wildman–Crippen MR) is 68.5 cm³/mol. The van der Waals surface area contributed by atoms with Crippen molar-refractivity contribution in [3.63, 3.8) is 0 Å². The Labute approximate surface area is 108 Å². The summed E-state index contributed by atoms with van der Waals surface area (Å²) in [7, 11) is 3.78. The molecule has 2 unspecified atom stereocenters. The van der Waals surface area contributed by atoms with Gasteiger partial charge in [-0.1, -0.05) is 0 Å². The monoisotopic (exact) mass is 248 g/mol. The second-order valence-electron chi connectivity index (χ2n) is 5.58. The van der Waals surface area contributed by atoms with Gasteiger partial charge in [0.1, 0.15) is 0 Å². The van der Waals surface area contributed by atoms with Crippen LogP contribution in [-0.2, 0) is 5.60 Å². The Balaban J connectivity index is 1.86. The molecule has 2 bridgehead atoms. The van der Waals surface area contributed by atoms with Crippen LogP contribution in [0.15, 0.2) is 18.3 Å². The Kier molecular flexibility index (Phi) is 2.79. The summed E-state index contributed by atoms with van der Waals surface area (Å²) in [6, 6.07) is 4.79. The van der Waals surface area contributed by atoms with Crippen molar-refractivity contribution < 1.29 is 9.84 Å². The van der Waals surface area contributed by atoms with Crippen LogP contribution in [0.25, 0.3) is 0 Å². The lowest BCUT2D eigenvalue weighted by Gasteiger charge is -2.42. The van der Waals surface area contributed by atoms with E-state index in [0.717, 1.165) is 18.4 Å². The van der Waals surface area contributed by atoms with Crippen LogP contribution in [0.5, 0.6) is 5.88 Å². The highest BCUT2D eigenvalue weighted by atomic mass is 16.5. The summed E-state index contributed by atoms with van der Waals surface area (Å²) in [6.07, 6.45) is 5.78. The van der Waals surface area contributed by atoms with Gasteiger partial charge in [0.2, 0.25) is 5.88 Å². The van der Waals surface area contributed by atoms with Gasteiger partial charge in [0.15, 0.2) is 0 Å². The summed E-state index contributed by atoms with van der Waals surface area (Å²) in [5.74, 6) is 0.596. The van der Waals surface area contributed by atoms with Crippen LogP contribution in [0.2, 0.25) is 0 Å². The van der Waals surface area contributed by atoms with E-state index in [4.69, 9.17) is 4.74 Å². The number of piperidine rings is 1. The quantitative estimate of drug-likeness (QED) is 0.862. The molecular weight excluding hydrogens is 228 g/mol. The molecule has 0 amide bonds. The molecule has 0 radical (unpaired) electrons. The molecule has 0 aromatic carbocycles. The zero-order valence-electron chi connectivity index (χ0n) is 11.0. The molecule has 0 aliphatic carbocycles. The van der Waals surface area contributed by atoms with Crippen molar-refractivity contribution in [2.45, 2.75) is 43.4 Å². The minimum absolute atomic E-state index is 0.510. The molecule has 2 atom stereocenters. The van der Waals surface area contributed by atoms with Gasteiger partial charge in [-0.25, -0.2) is 4.98 Å². The van der Waals surface area contributed by atoms with Gasteiger partial charge in [0.05, 0.1) is 12.7 Å². The fourth-order valence-electron chi connectivity index (χ4n) is 3.46. The van der Waals surface area contributed by atoms with E-state index in [1.165, 1.54) is 12.8 Å². The first-order valence-electron chi connectivity index (χ1n) is 6.57. The lowest BCUT2D eigenvalue weighted by Crippen LogP contribution is -2.47. The Hall–Kier alpha value is -1.13. The molecule has 1 N–H and O–H groups in total. The number of fused-ring (bicyclic) bond motifs is 2. The Morgan fingerprint density at radius 3 is 2.50 bits per heavy atom. The van der Waals surface area contributed by atoms with Crippen LogP contribution in [-0.4, -0.2) is 41.2 Å². The summed E-state index contributed by atoms with van der Waals surface area (Å²) < 4.78 is 5.06. The summed E-state index contributed by atoms with van der Waals surface area (Å²) in [5, 5.41) is 10.9. The average Bonchev–Trinajstić information content (AvgIpc) is 2.63. The van der Waals surface area contributed by atoms with Crippen molar-refractivity contribution in [2.75, 3.05) is 14.2 Å². The number of pyridine rings is 1. The molecule has 2 saturated heterocycles. The number of nitrogens with zero attached hydrogens (tertiary/aromatic N) is 2. The molecule has 2 aliphatic rings. The molecule has 3 rings (SSSR count). The third-order valence-electron chi connectivity index (χ3n) is 4.61. The molecule has 4 nitrogen and oxygen atoms in total. The first kappa shape index (κ1) is 11.9. The minimum Gasteiger partial charge on any atom is -0.481 e. The highest BCUT2D eigenvalue weighted by Crippen LogP contribution is 2.44. The summed E-state index contributed by atoms with van der Waals surface area (Å²) in [5.41, 5.74) is 0.214. The fraction of sp³-hybridized carbons (Fsp3) is 0.643. The van der Waals surface area contributed by atoms with Gasteiger partial charge in [-0.3, -0.25) is 0 Å². The van der Waals surface area contributed by atoms with Crippen LogP contribution in [0.1, 0.15) is 31.2 Å². The number of hydrogen-bond acceptors (Lipinski definition) is 4. The highest BCUT2D eigenvalue weighted by molar-refractivity contribution is 5.25. The molecule has 2 fully saturated rings. The fourth-order valence-corrected chi connectivity index (χ4v) is 3.46. The van der Waals surface area contributed by atoms with Crippen molar-refractivity contribution in [1.29, 1.82) is 0 Å². The van der Waals surface area contributed by atoms with E-state index >= 15 is 0 Å². The zero-order chi connectivity index (χ0) is 12.8. The lowest BCUT2D eigenvalue weighted by atomic mass is 9.81. The van der Waals surface area contributed by atoms with Gasteiger partial charge in [-0.05, 0) is 38.8 Å². The van der Waals surface area contributed by atoms with Crippen molar-refractivity contribution in [2.24, 2.45) is 0 Å². The number of ether oxygens (including phenoxy) is 1. The van der Waals surface area contributed by atoms with Crippen LogP contribution >= 0.6 is 0 Å². The highest BCUT2D eigenvalue weighted by Gasteiger charge is 2.46. The molecule has 3 heterocycles. The Bertz CT molecular complexity index is 418. The van der Waals surface area contributed by atoms with Crippen LogP contribution < -0.4 is 4.74 Å². The Morgan fingerprint density at radius 2 is 2.00 bits per heavy atom. The molecular formula is C14H20N2O2. The van der Waals surface area contributed by atoms with Crippen molar-refractivity contribution in [3.8, 4) is 5.88 Å². The molecule has 0 saturated carbocycles. The zero-order valence-corrected chi connectivity index (χ0v) is 11.0. The number of aromatic nitrogens is 1. The molecule has 0 spiro atoms. The standard InChI is InChI=1S/C14H20N2O2/c1-16-11-4-5-12(16)8-14(17,7-11)10-3-6-13(18-2)15-9-10/h3,6,9,11-12,17H,4-5,7-8H2,1-2H3.